The molecule has 0 saturated heterocycles. The van der Waals surface area contributed by atoms with Gasteiger partial charge in [0.25, 0.3) is 0 Å². The zero-order valence-electron chi connectivity index (χ0n) is 13.3. The van der Waals surface area contributed by atoms with Crippen molar-refractivity contribution >= 4 is 17.7 Å². The van der Waals surface area contributed by atoms with E-state index in [-0.39, 0.29) is 11.2 Å². The van der Waals surface area contributed by atoms with Crippen LogP contribution in [0.4, 0.5) is 0 Å². The third kappa shape index (κ3) is 3.02. The molecule has 1 aromatic carbocycles. The van der Waals surface area contributed by atoms with Gasteiger partial charge >= 0.3 is 0 Å². The molecule has 2 heterocycles. The molecule has 2 aromatic rings. The number of rotatable bonds is 4. The summed E-state index contributed by atoms with van der Waals surface area (Å²) < 4.78 is 2.22. The molecule has 0 spiro atoms. The van der Waals surface area contributed by atoms with Crippen LogP contribution in [0.15, 0.2) is 41.8 Å². The molecule has 1 saturated carbocycles. The first-order valence-electron chi connectivity index (χ1n) is 8.27. The minimum Gasteiger partial charge on any atom is -0.337 e. The van der Waals surface area contributed by atoms with Gasteiger partial charge in [-0.25, -0.2) is 4.98 Å². The van der Waals surface area contributed by atoms with Crippen molar-refractivity contribution in [2.24, 2.45) is 0 Å². The Kier molecular flexibility index (Phi) is 3.89. The number of hydrogen-bond donors (Lipinski definition) is 0. The lowest BCUT2D eigenvalue weighted by molar-refractivity contribution is -0.131. The fourth-order valence-corrected chi connectivity index (χ4v) is 4.19. The number of thioether (sulfide) groups is 1. The van der Waals surface area contributed by atoms with Gasteiger partial charge in [-0.2, -0.15) is 0 Å². The van der Waals surface area contributed by atoms with E-state index in [4.69, 9.17) is 0 Å². The Hall–Kier alpha value is -1.75. The molecule has 1 aromatic heterocycles. The van der Waals surface area contributed by atoms with E-state index < -0.39 is 0 Å². The summed E-state index contributed by atoms with van der Waals surface area (Å²) in [5, 5.41) is 0.880. The van der Waals surface area contributed by atoms with Gasteiger partial charge in [-0.15, -0.1) is 0 Å². The molecule has 1 aliphatic heterocycles. The molecular weight excluding hydrogens is 306 g/mol. The zero-order valence-corrected chi connectivity index (χ0v) is 14.1. The fourth-order valence-electron chi connectivity index (χ4n) is 3.17. The smallest absolute Gasteiger partial charge is 0.236 e. The summed E-state index contributed by atoms with van der Waals surface area (Å²) >= 11 is 1.59. The zero-order chi connectivity index (χ0) is 15.8. The second kappa shape index (κ2) is 6.04. The predicted octanol–water partition coefficient (Wildman–Crippen LogP) is 3.28. The number of amides is 1. The number of hydrogen-bond acceptors (Lipinski definition) is 3. The van der Waals surface area contributed by atoms with Crippen LogP contribution in [-0.2, 0) is 17.8 Å². The molecule has 1 amide bonds. The third-order valence-electron chi connectivity index (χ3n) is 4.65. The highest BCUT2D eigenvalue weighted by molar-refractivity contribution is 8.00. The summed E-state index contributed by atoms with van der Waals surface area (Å²) in [5.41, 5.74) is 2.66. The number of aromatic nitrogens is 2. The van der Waals surface area contributed by atoms with Crippen LogP contribution in [0.5, 0.6) is 0 Å². The summed E-state index contributed by atoms with van der Waals surface area (Å²) in [7, 11) is 0. The molecule has 120 valence electrons. The highest BCUT2D eigenvalue weighted by Gasteiger charge is 2.29. The maximum atomic E-state index is 12.8. The van der Waals surface area contributed by atoms with E-state index in [0.29, 0.717) is 6.04 Å². The molecule has 1 fully saturated rings. The first-order valence-corrected chi connectivity index (χ1v) is 9.15. The van der Waals surface area contributed by atoms with Crippen molar-refractivity contribution in [3.8, 4) is 0 Å². The van der Waals surface area contributed by atoms with Crippen molar-refractivity contribution in [2.75, 3.05) is 6.54 Å². The van der Waals surface area contributed by atoms with Gasteiger partial charge in [0, 0.05) is 31.5 Å². The number of fused-ring (bicyclic) bond motifs is 1. The Labute approximate surface area is 140 Å². The number of nitrogens with zero attached hydrogens (tertiary/aromatic N) is 3. The largest absolute Gasteiger partial charge is 0.337 e. The van der Waals surface area contributed by atoms with E-state index in [1.165, 1.54) is 24.0 Å². The monoisotopic (exact) mass is 327 g/mol. The van der Waals surface area contributed by atoms with Crippen LogP contribution in [0.2, 0.25) is 0 Å². The Bertz CT molecular complexity index is 723. The lowest BCUT2D eigenvalue weighted by Crippen LogP contribution is -2.40. The fraction of sp³-hybridized carbons (Fsp3) is 0.444. The van der Waals surface area contributed by atoms with Crippen LogP contribution in [0.3, 0.4) is 0 Å². The number of imidazole rings is 1. The molecule has 0 bridgehead atoms. The summed E-state index contributed by atoms with van der Waals surface area (Å²) in [5.74, 6) is 0.217. The molecule has 2 aliphatic rings. The Balaban J connectivity index is 1.43. The second-order valence-corrected chi connectivity index (χ2v) is 7.69. The Morgan fingerprint density at radius 3 is 2.87 bits per heavy atom. The summed E-state index contributed by atoms with van der Waals surface area (Å²) in [6.07, 6.45) is 7.30. The van der Waals surface area contributed by atoms with Crippen molar-refractivity contribution in [2.45, 2.75) is 49.2 Å². The van der Waals surface area contributed by atoms with Gasteiger partial charge in [0.1, 0.15) is 0 Å². The molecule has 1 aliphatic carbocycles. The summed E-state index contributed by atoms with van der Waals surface area (Å²) in [6.45, 7) is 3.55. The molecule has 1 atom stereocenters. The highest BCUT2D eigenvalue weighted by atomic mass is 32.2. The molecule has 0 N–H and O–H groups in total. The maximum Gasteiger partial charge on any atom is 0.236 e. The maximum absolute atomic E-state index is 12.8. The summed E-state index contributed by atoms with van der Waals surface area (Å²) in [4.78, 5) is 19.2. The van der Waals surface area contributed by atoms with Gasteiger partial charge in [-0.05, 0) is 37.3 Å². The van der Waals surface area contributed by atoms with E-state index in [1.54, 1.807) is 11.8 Å². The van der Waals surface area contributed by atoms with Crippen molar-refractivity contribution in [1.82, 2.24) is 14.5 Å². The molecular formula is C18H21N3OS. The normalized spacial score (nSPS) is 18.6. The van der Waals surface area contributed by atoms with Crippen LogP contribution in [0.1, 0.15) is 36.9 Å². The van der Waals surface area contributed by atoms with Gasteiger partial charge in [-0.1, -0.05) is 36.0 Å². The molecule has 4 rings (SSSR count). The van der Waals surface area contributed by atoms with Gasteiger partial charge in [-0.3, -0.25) is 4.79 Å². The molecule has 4 nitrogen and oxygen atoms in total. The number of carbonyl (C=O) groups excluding carboxylic acids is 1. The van der Waals surface area contributed by atoms with Gasteiger partial charge in [0.2, 0.25) is 5.91 Å². The van der Waals surface area contributed by atoms with Crippen LogP contribution in [0.25, 0.3) is 0 Å². The van der Waals surface area contributed by atoms with Crippen molar-refractivity contribution in [1.29, 1.82) is 0 Å². The van der Waals surface area contributed by atoms with Crippen molar-refractivity contribution in [3.05, 3.63) is 47.8 Å². The molecule has 5 heteroatoms. The molecule has 0 radical (unpaired) electrons. The predicted molar refractivity (Wildman–Crippen MR) is 91.4 cm³/mol. The number of carbonyl (C=O) groups is 1. The Morgan fingerprint density at radius 1 is 1.30 bits per heavy atom. The van der Waals surface area contributed by atoms with Crippen LogP contribution < -0.4 is 0 Å². The quantitative estimate of drug-likeness (QED) is 0.809. The molecule has 23 heavy (non-hydrogen) atoms. The highest BCUT2D eigenvalue weighted by Crippen LogP contribution is 2.38. The van der Waals surface area contributed by atoms with E-state index in [9.17, 15) is 4.79 Å². The Morgan fingerprint density at radius 2 is 2.09 bits per heavy atom. The molecule has 1 unspecified atom stereocenters. The van der Waals surface area contributed by atoms with Crippen LogP contribution in [-0.4, -0.2) is 32.2 Å². The van der Waals surface area contributed by atoms with Crippen molar-refractivity contribution < 1.29 is 4.79 Å². The van der Waals surface area contributed by atoms with Crippen molar-refractivity contribution in [3.63, 3.8) is 0 Å². The van der Waals surface area contributed by atoms with Gasteiger partial charge in [0.15, 0.2) is 5.16 Å². The standard InChI is InChI=1S/C18H21N3OS/c1-13(23-18-19-9-11-21(18)16-6-7-16)17(22)20-10-8-14-4-2-3-5-15(14)12-20/h2-5,9,11,13,16H,6-8,10,12H2,1H3. The summed E-state index contributed by atoms with van der Waals surface area (Å²) in [6, 6.07) is 9.03. The average molecular weight is 327 g/mol. The van der Waals surface area contributed by atoms with E-state index in [0.717, 1.165) is 24.7 Å². The minimum atomic E-state index is -0.0971. The topological polar surface area (TPSA) is 38.1 Å². The third-order valence-corrected chi connectivity index (χ3v) is 5.73. The van der Waals surface area contributed by atoms with E-state index in [2.05, 4.69) is 33.8 Å². The lowest BCUT2D eigenvalue weighted by atomic mass is 10.00. The van der Waals surface area contributed by atoms with Crippen LogP contribution >= 0.6 is 11.8 Å². The SMILES string of the molecule is CC(Sc1nccn1C1CC1)C(=O)N1CCc2ccccc2C1. The minimum absolute atomic E-state index is 0.0971. The first kappa shape index (κ1) is 14.8. The van der Waals surface area contributed by atoms with E-state index >= 15 is 0 Å². The van der Waals surface area contributed by atoms with Crippen LogP contribution in [0, 0.1) is 0 Å². The number of benzene rings is 1. The lowest BCUT2D eigenvalue weighted by Gasteiger charge is -2.30. The average Bonchev–Trinajstić information content (AvgIpc) is 3.33. The van der Waals surface area contributed by atoms with Gasteiger partial charge < -0.3 is 9.47 Å². The van der Waals surface area contributed by atoms with E-state index in [1.807, 2.05) is 24.2 Å². The van der Waals surface area contributed by atoms with Gasteiger partial charge in [0.05, 0.1) is 5.25 Å². The second-order valence-electron chi connectivity index (χ2n) is 6.39. The first-order chi connectivity index (χ1) is 11.2.